The van der Waals surface area contributed by atoms with Crippen molar-refractivity contribution in [3.63, 3.8) is 0 Å². The van der Waals surface area contributed by atoms with Crippen LogP contribution in [0.25, 0.3) is 21.5 Å². The highest BCUT2D eigenvalue weighted by Gasteiger charge is 2.20. The zero-order valence-corrected chi connectivity index (χ0v) is 38.0. The zero-order chi connectivity index (χ0) is 45.8. The fourth-order valence-electron chi connectivity index (χ4n) is 9.06. The molecule has 3 saturated heterocycles. The van der Waals surface area contributed by atoms with Crippen molar-refractivity contribution >= 4 is 67.7 Å². The molecule has 3 fully saturated rings. The molecule has 6 aromatic rings. The van der Waals surface area contributed by atoms with E-state index >= 15 is 0 Å². The minimum absolute atomic E-state index is 0.183. The van der Waals surface area contributed by atoms with Gasteiger partial charge in [-0.1, -0.05) is 48.5 Å². The number of benzene rings is 6. The molecule has 3 heterocycles. The topological polar surface area (TPSA) is 107 Å². The molecule has 3 aliphatic rings. The number of nitrogens with one attached hydrogen (secondary N) is 2. The lowest BCUT2D eigenvalue weighted by molar-refractivity contribution is 0.0756. The van der Waals surface area contributed by atoms with E-state index in [1.54, 1.807) is 18.2 Å². The third-order valence-electron chi connectivity index (χ3n) is 12.6. The number of piperidine rings is 3. The number of anilines is 4. The van der Waals surface area contributed by atoms with E-state index in [9.17, 15) is 23.5 Å². The molecule has 0 unspecified atom stereocenters. The number of ether oxygens (including phenoxy) is 2. The maximum atomic E-state index is 14.4. The lowest BCUT2D eigenvalue weighted by atomic mass is 10.1. The molecule has 6 aromatic carbocycles. The van der Waals surface area contributed by atoms with E-state index in [1.165, 1.54) is 37.1 Å². The summed E-state index contributed by atoms with van der Waals surface area (Å²) in [7, 11) is 0. The first kappa shape index (κ1) is 46.6. The Morgan fingerprint density at radius 2 is 1.02 bits per heavy atom. The summed E-state index contributed by atoms with van der Waals surface area (Å²) in [6.07, 6.45) is 8.15. The molecule has 0 spiro atoms. The number of carbonyl (C=O) groups excluding carboxylic acids is 2. The molecule has 0 saturated carbocycles. The summed E-state index contributed by atoms with van der Waals surface area (Å²) < 4.78 is 40.5. The highest BCUT2D eigenvalue weighted by atomic mass is 35.5. The Morgan fingerprint density at radius 3 is 1.47 bits per heavy atom. The van der Waals surface area contributed by atoms with Crippen molar-refractivity contribution in [2.75, 3.05) is 85.3 Å². The molecule has 0 atom stereocenters. The molecule has 0 aromatic heterocycles. The molecule has 2 amide bonds. The number of carbonyl (C=O) groups is 2. The molecule has 0 bridgehead atoms. The van der Waals surface area contributed by atoms with Gasteiger partial charge >= 0.3 is 0 Å². The molecule has 346 valence electrons. The number of amides is 2. The van der Waals surface area contributed by atoms with Gasteiger partial charge in [0.15, 0.2) is 0 Å². The molecule has 3 N–H and O–H groups in total. The van der Waals surface area contributed by atoms with Crippen molar-refractivity contribution in [1.29, 1.82) is 0 Å². The van der Waals surface area contributed by atoms with Crippen molar-refractivity contribution < 1.29 is 33.0 Å². The van der Waals surface area contributed by atoms with Gasteiger partial charge in [-0.25, -0.2) is 8.78 Å². The lowest BCUT2D eigenvalue weighted by Gasteiger charge is -2.29. The Balaban J connectivity index is 0.000000182. The van der Waals surface area contributed by atoms with Crippen LogP contribution in [-0.4, -0.2) is 92.8 Å². The standard InChI is InChI=1S/C29H34FN3O3.C24H24ClFN2O2/c30-22-18-21(19-23(20-22)33-12-4-1-5-13-33)29(35)31-27-8-9-28(26-7-3-2-6-25(26)27)36-17-16-32-14-10-24(34)11-15-32;25-10-13-30-23-9-8-22(20-6-2-3-7-21(20)23)27-24(29)17-14-18(26)16-19(15-17)28-11-4-1-5-12-28/h2-3,6-9,18-20,24,34H,1,4-5,10-17H2,(H,31,35);2-3,6-9,14-16H,1,4-5,10-13H2,(H,27,29). The first-order chi connectivity index (χ1) is 32.2. The van der Waals surface area contributed by atoms with Gasteiger partial charge in [-0.15, -0.1) is 11.6 Å². The maximum absolute atomic E-state index is 14.4. The number of halogens is 3. The second-order valence-electron chi connectivity index (χ2n) is 17.2. The number of likely N-dealkylation sites (tertiary alicyclic amines) is 1. The van der Waals surface area contributed by atoms with Crippen LogP contribution < -0.4 is 29.9 Å². The largest absolute Gasteiger partial charge is 0.492 e. The Kier molecular flexibility index (Phi) is 15.9. The summed E-state index contributed by atoms with van der Waals surface area (Å²) in [6.45, 7) is 7.07. The number of hydrogen-bond acceptors (Lipinski definition) is 8. The summed E-state index contributed by atoms with van der Waals surface area (Å²) >= 11 is 5.74. The monoisotopic (exact) mass is 917 g/mol. The van der Waals surface area contributed by atoms with Crippen molar-refractivity contribution in [3.05, 3.63) is 132 Å². The van der Waals surface area contributed by atoms with Gasteiger partial charge in [0.2, 0.25) is 0 Å². The molecule has 3 aliphatic heterocycles. The fourth-order valence-corrected chi connectivity index (χ4v) is 9.13. The van der Waals surface area contributed by atoms with E-state index in [2.05, 4.69) is 25.3 Å². The Hall–Kier alpha value is -5.95. The highest BCUT2D eigenvalue weighted by molar-refractivity contribution is 6.18. The van der Waals surface area contributed by atoms with Crippen molar-refractivity contribution in [1.82, 2.24) is 4.90 Å². The summed E-state index contributed by atoms with van der Waals surface area (Å²) in [5.41, 5.74) is 3.45. The van der Waals surface area contributed by atoms with E-state index in [0.29, 0.717) is 47.3 Å². The average Bonchev–Trinajstić information content (AvgIpc) is 3.35. The second-order valence-corrected chi connectivity index (χ2v) is 17.6. The number of nitrogens with zero attached hydrogens (tertiary/aromatic N) is 3. The predicted molar refractivity (Wildman–Crippen MR) is 262 cm³/mol. The lowest BCUT2D eigenvalue weighted by Crippen LogP contribution is -2.38. The minimum atomic E-state index is -0.405. The van der Waals surface area contributed by atoms with E-state index in [-0.39, 0.29) is 17.9 Å². The van der Waals surface area contributed by atoms with Crippen LogP contribution in [0.2, 0.25) is 0 Å². The molecular weight excluding hydrogens is 860 g/mol. The van der Waals surface area contributed by atoms with Crippen LogP contribution in [0.5, 0.6) is 11.5 Å². The van der Waals surface area contributed by atoms with E-state index in [0.717, 1.165) is 123 Å². The maximum Gasteiger partial charge on any atom is 0.255 e. The molecule has 9 rings (SSSR count). The Morgan fingerprint density at radius 1 is 0.576 bits per heavy atom. The minimum Gasteiger partial charge on any atom is -0.492 e. The summed E-state index contributed by atoms with van der Waals surface area (Å²) in [5, 5.41) is 19.1. The van der Waals surface area contributed by atoms with Gasteiger partial charge < -0.3 is 35.0 Å². The molecule has 66 heavy (non-hydrogen) atoms. The van der Waals surface area contributed by atoms with Gasteiger partial charge in [-0.05, 0) is 112 Å². The van der Waals surface area contributed by atoms with Gasteiger partial charge in [0.05, 0.1) is 12.0 Å². The third-order valence-corrected chi connectivity index (χ3v) is 12.7. The van der Waals surface area contributed by atoms with Crippen LogP contribution in [0, 0.1) is 11.6 Å². The van der Waals surface area contributed by atoms with Gasteiger partial charge in [-0.2, -0.15) is 0 Å². The molecule has 13 heteroatoms. The van der Waals surface area contributed by atoms with Crippen molar-refractivity contribution in [2.45, 2.75) is 57.5 Å². The number of aliphatic hydroxyl groups is 1. The van der Waals surface area contributed by atoms with Gasteiger partial charge in [0.25, 0.3) is 11.8 Å². The Bertz CT molecular complexity index is 2610. The van der Waals surface area contributed by atoms with Gasteiger partial charge in [0, 0.05) is 101 Å². The van der Waals surface area contributed by atoms with Crippen LogP contribution in [0.3, 0.4) is 0 Å². The average molecular weight is 919 g/mol. The Labute approximate surface area is 390 Å². The van der Waals surface area contributed by atoms with Crippen molar-refractivity contribution in [3.8, 4) is 11.5 Å². The first-order valence-corrected chi connectivity index (χ1v) is 23.7. The van der Waals surface area contributed by atoms with Crippen LogP contribution in [0.1, 0.15) is 72.1 Å². The summed E-state index contributed by atoms with van der Waals surface area (Å²) in [4.78, 5) is 32.7. The van der Waals surface area contributed by atoms with Crippen LogP contribution >= 0.6 is 11.6 Å². The summed E-state index contributed by atoms with van der Waals surface area (Å²) in [5.74, 6) is 0.386. The SMILES string of the molecule is O=C(Nc1ccc(OCCCl)c2ccccc12)c1cc(F)cc(N2CCCCC2)c1.O=C(Nc1ccc(OCCN2CCC(O)CC2)c2ccccc12)c1cc(F)cc(N2CCCCC2)c1. The number of rotatable bonds is 13. The third kappa shape index (κ3) is 11.9. The first-order valence-electron chi connectivity index (χ1n) is 23.2. The molecule has 10 nitrogen and oxygen atoms in total. The van der Waals surface area contributed by atoms with E-state index < -0.39 is 11.6 Å². The van der Waals surface area contributed by atoms with Gasteiger partial charge in [-0.3, -0.25) is 14.5 Å². The van der Waals surface area contributed by atoms with Crippen LogP contribution in [0.15, 0.2) is 109 Å². The van der Waals surface area contributed by atoms with E-state index in [4.69, 9.17) is 21.1 Å². The van der Waals surface area contributed by atoms with Gasteiger partial charge in [0.1, 0.15) is 36.3 Å². The molecule has 0 aliphatic carbocycles. The highest BCUT2D eigenvalue weighted by Crippen LogP contribution is 2.34. The second kappa shape index (κ2) is 22.5. The number of aliphatic hydroxyl groups excluding tert-OH is 1. The number of fused-ring (bicyclic) bond motifs is 2. The predicted octanol–water partition coefficient (Wildman–Crippen LogP) is 10.9. The quantitative estimate of drug-likeness (QED) is 0.0984. The smallest absolute Gasteiger partial charge is 0.255 e. The van der Waals surface area contributed by atoms with Crippen LogP contribution in [-0.2, 0) is 0 Å². The normalized spacial score (nSPS) is 15.8. The molecular formula is C53H58ClF2N5O5. The summed E-state index contributed by atoms with van der Waals surface area (Å²) in [6, 6.07) is 32.0. The molecule has 0 radical (unpaired) electrons. The zero-order valence-electron chi connectivity index (χ0n) is 37.3. The van der Waals surface area contributed by atoms with E-state index in [1.807, 2.05) is 66.7 Å². The number of alkyl halides is 1. The van der Waals surface area contributed by atoms with Crippen molar-refractivity contribution in [2.24, 2.45) is 0 Å². The number of hydrogen-bond donors (Lipinski definition) is 3. The fraction of sp³-hybridized carbons (Fsp3) is 0.358. The van der Waals surface area contributed by atoms with Crippen LogP contribution in [0.4, 0.5) is 31.5 Å².